The van der Waals surface area contributed by atoms with E-state index in [2.05, 4.69) is 6.07 Å². The summed E-state index contributed by atoms with van der Waals surface area (Å²) in [4.78, 5) is 26.5. The monoisotopic (exact) mass is 444 g/mol. The second-order valence-corrected chi connectivity index (χ2v) is 9.65. The largest absolute Gasteiger partial charge is 0.491 e. The van der Waals surface area contributed by atoms with Crippen LogP contribution < -0.4 is 4.74 Å². The minimum atomic E-state index is -0.820. The smallest absolute Gasteiger partial charge is 0.413 e. The lowest BCUT2D eigenvalue weighted by Crippen LogP contribution is -2.51. The molecule has 174 valence electrons. The highest BCUT2D eigenvalue weighted by atomic mass is 16.6. The molecular weight excluding hydrogens is 412 g/mol. The molecule has 0 aromatic heterocycles. The van der Waals surface area contributed by atoms with E-state index in [4.69, 9.17) is 18.9 Å². The first-order chi connectivity index (χ1) is 14.9. The summed E-state index contributed by atoms with van der Waals surface area (Å²) in [5, 5.41) is 9.61. The zero-order valence-corrected chi connectivity index (χ0v) is 19.7. The van der Waals surface area contributed by atoms with Gasteiger partial charge >= 0.3 is 12.1 Å². The zero-order chi connectivity index (χ0) is 23.7. The van der Waals surface area contributed by atoms with Crippen LogP contribution in [0.5, 0.6) is 5.75 Å². The first kappa shape index (κ1) is 23.9. The third-order valence-electron chi connectivity index (χ3n) is 5.58. The fourth-order valence-corrected chi connectivity index (χ4v) is 4.20. The Labute approximate surface area is 189 Å². The van der Waals surface area contributed by atoms with Crippen molar-refractivity contribution in [1.29, 1.82) is 5.26 Å². The Morgan fingerprint density at radius 1 is 1.28 bits per heavy atom. The number of amides is 1. The van der Waals surface area contributed by atoms with Gasteiger partial charge in [0, 0.05) is 0 Å². The molecule has 0 N–H and O–H groups in total. The van der Waals surface area contributed by atoms with E-state index in [1.807, 2.05) is 40.7 Å². The number of fused-ring (bicyclic) bond motifs is 1. The average molecular weight is 445 g/mol. The van der Waals surface area contributed by atoms with Crippen LogP contribution in [-0.4, -0.2) is 54.2 Å². The van der Waals surface area contributed by atoms with E-state index in [9.17, 15) is 14.9 Å². The van der Waals surface area contributed by atoms with Gasteiger partial charge in [-0.3, -0.25) is 9.69 Å². The van der Waals surface area contributed by atoms with Crippen LogP contribution in [0.25, 0.3) is 0 Å². The molecule has 1 amide bonds. The van der Waals surface area contributed by atoms with Crippen LogP contribution in [0.3, 0.4) is 0 Å². The van der Waals surface area contributed by atoms with Crippen LogP contribution in [0.4, 0.5) is 4.79 Å². The van der Waals surface area contributed by atoms with Gasteiger partial charge in [0.05, 0.1) is 36.8 Å². The van der Waals surface area contributed by atoms with E-state index in [0.717, 1.165) is 11.1 Å². The second kappa shape index (κ2) is 8.99. The van der Waals surface area contributed by atoms with Gasteiger partial charge in [0.25, 0.3) is 0 Å². The molecule has 1 aliphatic heterocycles. The van der Waals surface area contributed by atoms with E-state index in [-0.39, 0.29) is 24.5 Å². The third kappa shape index (κ3) is 5.16. The predicted molar refractivity (Wildman–Crippen MR) is 116 cm³/mol. The van der Waals surface area contributed by atoms with Gasteiger partial charge in [-0.05, 0) is 77.6 Å². The highest BCUT2D eigenvalue weighted by molar-refractivity contribution is 5.75. The molecule has 2 atom stereocenters. The van der Waals surface area contributed by atoms with Crippen molar-refractivity contribution in [3.63, 3.8) is 0 Å². The van der Waals surface area contributed by atoms with Crippen molar-refractivity contribution in [2.75, 3.05) is 19.8 Å². The fourth-order valence-electron chi connectivity index (χ4n) is 4.20. The Balaban J connectivity index is 1.73. The topological polar surface area (TPSA) is 98.1 Å². The maximum absolute atomic E-state index is 12.8. The minimum Gasteiger partial charge on any atom is -0.491 e. The maximum Gasteiger partial charge on any atom is 0.413 e. The molecule has 0 radical (unpaired) electrons. The van der Waals surface area contributed by atoms with Gasteiger partial charge in [-0.1, -0.05) is 0 Å². The van der Waals surface area contributed by atoms with E-state index >= 15 is 0 Å². The van der Waals surface area contributed by atoms with Crippen molar-refractivity contribution in [2.45, 2.75) is 71.8 Å². The molecule has 8 nitrogen and oxygen atoms in total. The summed E-state index contributed by atoms with van der Waals surface area (Å²) in [7, 11) is 0. The van der Waals surface area contributed by atoms with E-state index in [1.54, 1.807) is 17.9 Å². The van der Waals surface area contributed by atoms with Crippen molar-refractivity contribution < 1.29 is 28.5 Å². The quantitative estimate of drug-likeness (QED) is 0.640. The molecule has 1 aromatic carbocycles. The minimum absolute atomic E-state index is 0.188. The number of nitriles is 1. The summed E-state index contributed by atoms with van der Waals surface area (Å²) in [5.74, 6) is 0.00559. The Kier molecular flexibility index (Phi) is 6.70. The van der Waals surface area contributed by atoms with Gasteiger partial charge in [0.1, 0.15) is 23.7 Å². The first-order valence-electron chi connectivity index (χ1n) is 11.0. The van der Waals surface area contributed by atoms with Crippen molar-refractivity contribution >= 4 is 12.1 Å². The van der Waals surface area contributed by atoms with Crippen LogP contribution >= 0.6 is 0 Å². The number of benzene rings is 1. The molecule has 0 saturated carbocycles. The SMILES string of the molecule is CCOC(=O)C1Cc2cc(OC[C@H]3COC(C)(C)N3C(=O)OC(C)(C)C)cc(C#N)c2C1. The maximum atomic E-state index is 12.8. The summed E-state index contributed by atoms with van der Waals surface area (Å²) in [6.07, 6.45) is 0.551. The van der Waals surface area contributed by atoms with Gasteiger partial charge in [-0.25, -0.2) is 4.79 Å². The van der Waals surface area contributed by atoms with Crippen LogP contribution in [0.15, 0.2) is 12.1 Å². The summed E-state index contributed by atoms with van der Waals surface area (Å²) in [5.41, 5.74) is 0.844. The normalized spacial score (nSPS) is 21.6. The number of nitrogens with zero attached hydrogens (tertiary/aromatic N) is 2. The van der Waals surface area contributed by atoms with Gasteiger partial charge in [0.2, 0.25) is 0 Å². The number of hydrogen-bond acceptors (Lipinski definition) is 7. The van der Waals surface area contributed by atoms with Gasteiger partial charge in [-0.15, -0.1) is 0 Å². The predicted octanol–water partition coefficient (Wildman–Crippen LogP) is 3.59. The Morgan fingerprint density at radius 2 is 2.00 bits per heavy atom. The van der Waals surface area contributed by atoms with Gasteiger partial charge < -0.3 is 18.9 Å². The number of carbonyl (C=O) groups is 2. The van der Waals surface area contributed by atoms with Gasteiger partial charge in [-0.2, -0.15) is 5.26 Å². The van der Waals surface area contributed by atoms with Crippen molar-refractivity contribution in [1.82, 2.24) is 4.90 Å². The molecule has 1 aromatic rings. The molecule has 1 aliphatic carbocycles. The van der Waals surface area contributed by atoms with Gasteiger partial charge in [0.15, 0.2) is 0 Å². The van der Waals surface area contributed by atoms with Crippen molar-refractivity contribution in [3.05, 3.63) is 28.8 Å². The number of carbonyl (C=O) groups excluding carboxylic acids is 2. The average Bonchev–Trinajstić information content (AvgIpc) is 3.24. The number of rotatable bonds is 5. The fraction of sp³-hybridized carbons (Fsp3) is 0.625. The summed E-state index contributed by atoms with van der Waals surface area (Å²) < 4.78 is 22.5. The molecule has 1 heterocycles. The molecule has 1 unspecified atom stereocenters. The lowest BCUT2D eigenvalue weighted by Gasteiger charge is -2.35. The molecule has 1 fully saturated rings. The highest BCUT2D eigenvalue weighted by Gasteiger charge is 2.46. The van der Waals surface area contributed by atoms with Crippen LogP contribution in [0, 0.1) is 17.2 Å². The van der Waals surface area contributed by atoms with E-state index in [0.29, 0.717) is 37.4 Å². The zero-order valence-electron chi connectivity index (χ0n) is 19.7. The highest BCUT2D eigenvalue weighted by Crippen LogP contribution is 2.34. The number of hydrogen-bond donors (Lipinski definition) is 0. The first-order valence-corrected chi connectivity index (χ1v) is 11.0. The molecule has 32 heavy (non-hydrogen) atoms. The second-order valence-electron chi connectivity index (χ2n) is 9.65. The molecule has 0 spiro atoms. The Morgan fingerprint density at radius 3 is 2.62 bits per heavy atom. The number of ether oxygens (including phenoxy) is 4. The lowest BCUT2D eigenvalue weighted by atomic mass is 10.0. The molecule has 8 heteroatoms. The molecule has 3 rings (SSSR count). The van der Waals surface area contributed by atoms with Crippen LogP contribution in [0.1, 0.15) is 58.2 Å². The number of esters is 1. The summed E-state index contributed by atoms with van der Waals surface area (Å²) >= 11 is 0. The molecule has 1 saturated heterocycles. The van der Waals surface area contributed by atoms with Crippen LogP contribution in [0.2, 0.25) is 0 Å². The molecular formula is C24H32N2O6. The summed E-state index contributed by atoms with van der Waals surface area (Å²) in [6.45, 7) is 11.7. The summed E-state index contributed by atoms with van der Waals surface area (Å²) in [6, 6.07) is 5.42. The van der Waals surface area contributed by atoms with Crippen LogP contribution in [-0.2, 0) is 31.8 Å². The Hall–Kier alpha value is -2.79. The standard InChI is InChI=1S/C24H32N2O6/c1-7-29-21(27)16-8-15-9-19(10-17(12-25)20(15)11-16)30-13-18-14-31-24(5,6)26(18)22(28)32-23(2,3)4/h9-10,16,18H,7-8,11,13-14H2,1-6H3/t16?,18-/m0/s1. The van der Waals surface area contributed by atoms with Crippen molar-refractivity contribution in [2.24, 2.45) is 5.92 Å². The Bertz CT molecular complexity index is 928. The lowest BCUT2D eigenvalue weighted by molar-refractivity contribution is -0.147. The van der Waals surface area contributed by atoms with E-state index < -0.39 is 17.4 Å². The third-order valence-corrected chi connectivity index (χ3v) is 5.58. The molecule has 2 aliphatic rings. The van der Waals surface area contributed by atoms with E-state index in [1.165, 1.54) is 0 Å². The molecule has 0 bridgehead atoms. The van der Waals surface area contributed by atoms with Crippen molar-refractivity contribution in [3.8, 4) is 11.8 Å².